The summed E-state index contributed by atoms with van der Waals surface area (Å²) in [6.45, 7) is 0.856. The van der Waals surface area contributed by atoms with Gasteiger partial charge in [0.25, 0.3) is 0 Å². The molecule has 1 aliphatic heterocycles. The third-order valence-electron chi connectivity index (χ3n) is 3.48. The summed E-state index contributed by atoms with van der Waals surface area (Å²) in [5, 5.41) is 10.0. The van der Waals surface area contributed by atoms with Gasteiger partial charge in [0.15, 0.2) is 0 Å². The molecule has 1 aliphatic carbocycles. The molecule has 2 nitrogen and oxygen atoms in total. The molecule has 0 radical (unpaired) electrons. The van der Waals surface area contributed by atoms with Gasteiger partial charge in [0.2, 0.25) is 0 Å². The third kappa shape index (κ3) is 2.23. The van der Waals surface area contributed by atoms with Gasteiger partial charge < -0.3 is 9.84 Å². The van der Waals surface area contributed by atoms with E-state index in [4.69, 9.17) is 4.74 Å². The zero-order chi connectivity index (χ0) is 9.10. The van der Waals surface area contributed by atoms with E-state index in [0.717, 1.165) is 19.4 Å². The van der Waals surface area contributed by atoms with E-state index in [0.29, 0.717) is 5.92 Å². The van der Waals surface area contributed by atoms with E-state index in [1.165, 1.54) is 32.1 Å². The zero-order valence-electron chi connectivity index (χ0n) is 8.24. The lowest BCUT2D eigenvalue weighted by atomic mass is 9.83. The Bertz CT molecular complexity index is 146. The van der Waals surface area contributed by atoms with Crippen LogP contribution in [-0.4, -0.2) is 23.9 Å². The van der Waals surface area contributed by atoms with Crippen LogP contribution in [0.4, 0.5) is 0 Å². The van der Waals surface area contributed by atoms with Crippen LogP contribution >= 0.6 is 0 Å². The number of aliphatic hydroxyl groups is 1. The molecule has 2 fully saturated rings. The second-order valence-corrected chi connectivity index (χ2v) is 4.44. The van der Waals surface area contributed by atoms with E-state index in [2.05, 4.69) is 0 Å². The number of rotatable bonds is 2. The fourth-order valence-electron chi connectivity index (χ4n) is 2.65. The Kier molecular flexibility index (Phi) is 3.23. The molecule has 0 unspecified atom stereocenters. The average molecular weight is 184 g/mol. The van der Waals surface area contributed by atoms with Crippen LogP contribution in [0.1, 0.15) is 44.9 Å². The van der Waals surface area contributed by atoms with Crippen molar-refractivity contribution in [1.29, 1.82) is 0 Å². The Labute approximate surface area is 80.3 Å². The summed E-state index contributed by atoms with van der Waals surface area (Å²) in [7, 11) is 0. The molecule has 13 heavy (non-hydrogen) atoms. The number of hydrogen-bond donors (Lipinski definition) is 1. The van der Waals surface area contributed by atoms with E-state index in [9.17, 15) is 5.11 Å². The smallest absolute Gasteiger partial charge is 0.0837 e. The van der Waals surface area contributed by atoms with Gasteiger partial charge in [-0.1, -0.05) is 19.3 Å². The third-order valence-corrected chi connectivity index (χ3v) is 3.48. The quantitative estimate of drug-likeness (QED) is 0.712. The lowest BCUT2D eigenvalue weighted by Gasteiger charge is -2.29. The standard InChI is InChI=1S/C11H20O2/c12-11(10-7-4-8-13-10)9-5-2-1-3-6-9/h9-12H,1-8H2/t10-,11-/m1/s1. The van der Waals surface area contributed by atoms with E-state index < -0.39 is 0 Å². The summed E-state index contributed by atoms with van der Waals surface area (Å²) in [5.41, 5.74) is 0. The number of ether oxygens (including phenoxy) is 1. The van der Waals surface area contributed by atoms with Crippen LogP contribution in [-0.2, 0) is 4.74 Å². The van der Waals surface area contributed by atoms with Gasteiger partial charge in [-0.3, -0.25) is 0 Å². The summed E-state index contributed by atoms with van der Waals surface area (Å²) >= 11 is 0. The van der Waals surface area contributed by atoms with E-state index in [1.54, 1.807) is 0 Å². The minimum Gasteiger partial charge on any atom is -0.390 e. The lowest BCUT2D eigenvalue weighted by Crippen LogP contribution is -2.34. The fraction of sp³-hybridized carbons (Fsp3) is 1.00. The van der Waals surface area contributed by atoms with Crippen molar-refractivity contribution in [2.75, 3.05) is 6.61 Å². The van der Waals surface area contributed by atoms with Crippen molar-refractivity contribution in [3.8, 4) is 0 Å². The van der Waals surface area contributed by atoms with Gasteiger partial charge in [0.05, 0.1) is 12.2 Å². The maximum atomic E-state index is 10.0. The molecular weight excluding hydrogens is 164 g/mol. The van der Waals surface area contributed by atoms with E-state index >= 15 is 0 Å². The highest BCUT2D eigenvalue weighted by atomic mass is 16.5. The van der Waals surface area contributed by atoms with Crippen molar-refractivity contribution in [3.63, 3.8) is 0 Å². The molecule has 1 saturated heterocycles. The Morgan fingerprint density at radius 3 is 2.38 bits per heavy atom. The van der Waals surface area contributed by atoms with Gasteiger partial charge in [-0.05, 0) is 31.6 Å². The van der Waals surface area contributed by atoms with Crippen LogP contribution in [0, 0.1) is 5.92 Å². The highest BCUT2D eigenvalue weighted by Crippen LogP contribution is 2.31. The first kappa shape index (κ1) is 9.47. The normalized spacial score (nSPS) is 33.5. The minimum absolute atomic E-state index is 0.156. The summed E-state index contributed by atoms with van der Waals surface area (Å²) in [6, 6.07) is 0. The van der Waals surface area contributed by atoms with E-state index in [-0.39, 0.29) is 12.2 Å². The van der Waals surface area contributed by atoms with Crippen LogP contribution in [0.25, 0.3) is 0 Å². The second kappa shape index (κ2) is 4.43. The summed E-state index contributed by atoms with van der Waals surface area (Å²) in [5.74, 6) is 0.525. The van der Waals surface area contributed by atoms with Crippen LogP contribution in [0.2, 0.25) is 0 Å². The molecule has 2 rings (SSSR count). The first-order valence-electron chi connectivity index (χ1n) is 5.67. The van der Waals surface area contributed by atoms with Gasteiger partial charge >= 0.3 is 0 Å². The molecule has 1 N–H and O–H groups in total. The predicted octanol–water partition coefficient (Wildman–Crippen LogP) is 2.11. The maximum Gasteiger partial charge on any atom is 0.0837 e. The van der Waals surface area contributed by atoms with Crippen LogP contribution < -0.4 is 0 Å². The Morgan fingerprint density at radius 2 is 1.77 bits per heavy atom. The molecule has 0 amide bonds. The number of aliphatic hydroxyl groups excluding tert-OH is 1. The molecule has 1 saturated carbocycles. The monoisotopic (exact) mass is 184 g/mol. The topological polar surface area (TPSA) is 29.5 Å². The summed E-state index contributed by atoms with van der Waals surface area (Å²) in [4.78, 5) is 0. The second-order valence-electron chi connectivity index (χ2n) is 4.44. The van der Waals surface area contributed by atoms with Gasteiger partial charge in [-0.25, -0.2) is 0 Å². The van der Waals surface area contributed by atoms with Crippen LogP contribution in [0.5, 0.6) is 0 Å². The van der Waals surface area contributed by atoms with Crippen LogP contribution in [0.3, 0.4) is 0 Å². The van der Waals surface area contributed by atoms with Gasteiger partial charge in [0.1, 0.15) is 0 Å². The minimum atomic E-state index is -0.178. The molecule has 0 aromatic heterocycles. The molecule has 0 aromatic carbocycles. The lowest BCUT2D eigenvalue weighted by molar-refractivity contribution is -0.0401. The fourth-order valence-corrected chi connectivity index (χ4v) is 2.65. The van der Waals surface area contributed by atoms with Crippen molar-refractivity contribution >= 4 is 0 Å². The molecule has 0 aromatic rings. The van der Waals surface area contributed by atoms with Gasteiger partial charge in [-0.2, -0.15) is 0 Å². The van der Waals surface area contributed by atoms with Crippen molar-refractivity contribution in [1.82, 2.24) is 0 Å². The van der Waals surface area contributed by atoms with Crippen molar-refractivity contribution in [3.05, 3.63) is 0 Å². The van der Waals surface area contributed by atoms with Gasteiger partial charge in [-0.15, -0.1) is 0 Å². The predicted molar refractivity (Wildman–Crippen MR) is 51.6 cm³/mol. The molecule has 2 atom stereocenters. The average Bonchev–Trinajstić information content (AvgIpc) is 2.71. The zero-order valence-corrected chi connectivity index (χ0v) is 8.24. The SMILES string of the molecule is O[C@H](C1CCCCC1)[C@H]1CCCO1. The molecule has 0 bridgehead atoms. The van der Waals surface area contributed by atoms with Gasteiger partial charge in [0, 0.05) is 6.61 Å². The number of hydrogen-bond acceptors (Lipinski definition) is 2. The molecular formula is C11H20O2. The first-order chi connectivity index (χ1) is 6.38. The van der Waals surface area contributed by atoms with E-state index in [1.807, 2.05) is 0 Å². The molecule has 2 aliphatic rings. The van der Waals surface area contributed by atoms with Crippen molar-refractivity contribution in [2.24, 2.45) is 5.92 Å². The molecule has 76 valence electrons. The Balaban J connectivity index is 1.83. The molecule has 0 spiro atoms. The van der Waals surface area contributed by atoms with Crippen molar-refractivity contribution in [2.45, 2.75) is 57.2 Å². The summed E-state index contributed by atoms with van der Waals surface area (Å²) in [6.07, 6.45) is 8.55. The van der Waals surface area contributed by atoms with Crippen LogP contribution in [0.15, 0.2) is 0 Å². The highest BCUT2D eigenvalue weighted by Gasteiger charge is 2.31. The Hall–Kier alpha value is -0.0800. The summed E-state index contributed by atoms with van der Waals surface area (Å²) < 4.78 is 5.52. The Morgan fingerprint density at radius 1 is 1.00 bits per heavy atom. The largest absolute Gasteiger partial charge is 0.390 e. The molecule has 2 heteroatoms. The maximum absolute atomic E-state index is 10.0. The highest BCUT2D eigenvalue weighted by molar-refractivity contribution is 4.81. The first-order valence-corrected chi connectivity index (χ1v) is 5.67. The van der Waals surface area contributed by atoms with Crippen molar-refractivity contribution < 1.29 is 9.84 Å². The molecule has 1 heterocycles.